The van der Waals surface area contributed by atoms with E-state index in [0.29, 0.717) is 6.61 Å². The van der Waals surface area contributed by atoms with E-state index in [4.69, 9.17) is 4.74 Å². The Morgan fingerprint density at radius 1 is 1.41 bits per heavy atom. The van der Waals surface area contributed by atoms with Crippen LogP contribution in [0.2, 0.25) is 0 Å². The van der Waals surface area contributed by atoms with Crippen molar-refractivity contribution in [2.45, 2.75) is 58.8 Å². The molecule has 1 saturated carbocycles. The number of rotatable bonds is 5. The van der Waals surface area contributed by atoms with Gasteiger partial charge in [-0.3, -0.25) is 4.79 Å². The van der Waals surface area contributed by atoms with Crippen LogP contribution in [0.4, 0.5) is 0 Å². The van der Waals surface area contributed by atoms with E-state index in [9.17, 15) is 10.1 Å². The zero-order valence-electron chi connectivity index (χ0n) is 11.0. The number of carbonyl (C=O) groups excluding carboxylic acids is 1. The Hall–Kier alpha value is -1.04. The molecule has 1 rings (SSSR count). The van der Waals surface area contributed by atoms with Gasteiger partial charge in [0.05, 0.1) is 24.5 Å². The normalized spacial score (nSPS) is 28.4. The maximum absolute atomic E-state index is 11.5. The Morgan fingerprint density at radius 2 is 2.06 bits per heavy atom. The van der Waals surface area contributed by atoms with E-state index < -0.39 is 5.41 Å². The van der Waals surface area contributed by atoms with Gasteiger partial charge in [0.25, 0.3) is 0 Å². The van der Waals surface area contributed by atoms with Gasteiger partial charge in [0.1, 0.15) is 0 Å². The zero-order chi connectivity index (χ0) is 12.7. The summed E-state index contributed by atoms with van der Waals surface area (Å²) in [6, 6.07) is 2.37. The second-order valence-electron chi connectivity index (χ2n) is 5.11. The molecule has 0 amide bonds. The van der Waals surface area contributed by atoms with Gasteiger partial charge in [-0.1, -0.05) is 19.8 Å². The molecule has 0 bridgehead atoms. The Kier molecular flexibility index (Phi) is 5.47. The molecule has 0 aromatic heterocycles. The molecule has 0 radical (unpaired) electrons. The van der Waals surface area contributed by atoms with Crippen LogP contribution in [0.3, 0.4) is 0 Å². The summed E-state index contributed by atoms with van der Waals surface area (Å²) in [4.78, 5) is 11.5. The smallest absolute Gasteiger partial charge is 0.307 e. The molecular weight excluding hydrogens is 214 g/mol. The van der Waals surface area contributed by atoms with Crippen LogP contribution in [0.5, 0.6) is 0 Å². The minimum Gasteiger partial charge on any atom is -0.466 e. The molecule has 0 heterocycles. The van der Waals surface area contributed by atoms with Gasteiger partial charge < -0.3 is 4.74 Å². The largest absolute Gasteiger partial charge is 0.466 e. The van der Waals surface area contributed by atoms with Gasteiger partial charge in [-0.15, -0.1) is 0 Å². The van der Waals surface area contributed by atoms with Crippen molar-refractivity contribution in [3.63, 3.8) is 0 Å². The molecule has 17 heavy (non-hydrogen) atoms. The fraction of sp³-hybridized carbons (Fsp3) is 0.857. The summed E-state index contributed by atoms with van der Waals surface area (Å²) in [5.41, 5.74) is -0.448. The number of hydrogen-bond donors (Lipinski definition) is 0. The highest BCUT2D eigenvalue weighted by atomic mass is 16.5. The van der Waals surface area contributed by atoms with Crippen LogP contribution in [-0.2, 0) is 9.53 Å². The molecule has 96 valence electrons. The number of carbonyl (C=O) groups is 1. The molecule has 0 spiro atoms. The Labute approximate surface area is 104 Å². The summed E-state index contributed by atoms with van der Waals surface area (Å²) >= 11 is 0. The third-order valence-electron chi connectivity index (χ3n) is 3.78. The molecule has 1 aliphatic rings. The van der Waals surface area contributed by atoms with Crippen molar-refractivity contribution in [1.82, 2.24) is 0 Å². The van der Waals surface area contributed by atoms with Crippen molar-refractivity contribution in [2.75, 3.05) is 6.61 Å². The lowest BCUT2D eigenvalue weighted by Gasteiger charge is -2.34. The van der Waals surface area contributed by atoms with E-state index in [1.54, 1.807) is 6.92 Å². The Bertz CT molecular complexity index is 285. The van der Waals surface area contributed by atoms with E-state index in [1.165, 1.54) is 12.8 Å². The lowest BCUT2D eigenvalue weighted by Crippen LogP contribution is -2.29. The van der Waals surface area contributed by atoms with Crippen molar-refractivity contribution in [2.24, 2.45) is 11.3 Å². The average molecular weight is 237 g/mol. The second kappa shape index (κ2) is 6.64. The third-order valence-corrected chi connectivity index (χ3v) is 3.78. The summed E-state index contributed by atoms with van der Waals surface area (Å²) in [5.74, 6) is 0.534. The third kappa shape index (κ3) is 4.03. The van der Waals surface area contributed by atoms with Gasteiger partial charge in [-0.05, 0) is 38.5 Å². The first kappa shape index (κ1) is 14.0. The van der Waals surface area contributed by atoms with Crippen LogP contribution in [0.1, 0.15) is 58.8 Å². The molecule has 1 aliphatic carbocycles. The van der Waals surface area contributed by atoms with E-state index in [-0.39, 0.29) is 12.4 Å². The lowest BCUT2D eigenvalue weighted by molar-refractivity contribution is -0.145. The van der Waals surface area contributed by atoms with Gasteiger partial charge in [-0.2, -0.15) is 5.26 Å². The molecule has 0 aromatic carbocycles. The highest BCUT2D eigenvalue weighted by Gasteiger charge is 2.37. The molecule has 0 atom stereocenters. The predicted octanol–water partition coefficient (Wildman–Crippen LogP) is 3.44. The van der Waals surface area contributed by atoms with Crippen molar-refractivity contribution in [1.29, 1.82) is 5.26 Å². The standard InChI is InChI=1S/C14H23NO2/c1-3-5-12-6-8-14(11-15,9-7-12)10-13(16)17-4-2/h12H,3-10H2,1-2H3. The van der Waals surface area contributed by atoms with Crippen LogP contribution in [-0.4, -0.2) is 12.6 Å². The van der Waals surface area contributed by atoms with E-state index >= 15 is 0 Å². The molecule has 3 nitrogen and oxygen atoms in total. The summed E-state index contributed by atoms with van der Waals surface area (Å²) in [6.45, 7) is 4.40. The number of ether oxygens (including phenoxy) is 1. The molecule has 0 unspecified atom stereocenters. The van der Waals surface area contributed by atoms with Crippen LogP contribution in [0.25, 0.3) is 0 Å². The molecular formula is C14H23NO2. The van der Waals surface area contributed by atoms with E-state index in [0.717, 1.165) is 31.6 Å². The van der Waals surface area contributed by atoms with Crippen LogP contribution in [0, 0.1) is 22.7 Å². The fourth-order valence-corrected chi connectivity index (χ4v) is 2.74. The topological polar surface area (TPSA) is 50.1 Å². The maximum Gasteiger partial charge on any atom is 0.307 e. The summed E-state index contributed by atoms with van der Waals surface area (Å²) in [7, 11) is 0. The molecule has 0 aromatic rings. The first-order valence-electron chi connectivity index (χ1n) is 6.72. The Balaban J connectivity index is 2.50. The van der Waals surface area contributed by atoms with Crippen LogP contribution in [0.15, 0.2) is 0 Å². The monoisotopic (exact) mass is 237 g/mol. The van der Waals surface area contributed by atoms with Gasteiger partial charge in [0, 0.05) is 0 Å². The number of esters is 1. The lowest BCUT2D eigenvalue weighted by atomic mass is 9.69. The fourth-order valence-electron chi connectivity index (χ4n) is 2.74. The Morgan fingerprint density at radius 3 is 2.53 bits per heavy atom. The number of nitriles is 1. The molecule has 1 fully saturated rings. The predicted molar refractivity (Wildman–Crippen MR) is 66.2 cm³/mol. The van der Waals surface area contributed by atoms with E-state index in [1.807, 2.05) is 0 Å². The van der Waals surface area contributed by atoms with Crippen molar-refractivity contribution < 1.29 is 9.53 Å². The van der Waals surface area contributed by atoms with Gasteiger partial charge >= 0.3 is 5.97 Å². The van der Waals surface area contributed by atoms with Crippen LogP contribution >= 0.6 is 0 Å². The number of hydrogen-bond acceptors (Lipinski definition) is 3. The first-order valence-corrected chi connectivity index (χ1v) is 6.72. The van der Waals surface area contributed by atoms with Gasteiger partial charge in [0.15, 0.2) is 0 Å². The highest BCUT2D eigenvalue weighted by molar-refractivity contribution is 5.70. The minimum absolute atomic E-state index is 0.219. The molecule has 0 N–H and O–H groups in total. The zero-order valence-corrected chi connectivity index (χ0v) is 11.0. The molecule has 0 aliphatic heterocycles. The van der Waals surface area contributed by atoms with Crippen molar-refractivity contribution in [3.05, 3.63) is 0 Å². The summed E-state index contributed by atoms with van der Waals surface area (Å²) < 4.78 is 4.96. The highest BCUT2D eigenvalue weighted by Crippen LogP contribution is 2.42. The molecule has 0 saturated heterocycles. The SMILES string of the molecule is CCCC1CCC(C#N)(CC(=O)OCC)CC1. The first-order chi connectivity index (χ1) is 8.15. The second-order valence-corrected chi connectivity index (χ2v) is 5.11. The minimum atomic E-state index is -0.448. The van der Waals surface area contributed by atoms with E-state index in [2.05, 4.69) is 13.0 Å². The van der Waals surface area contributed by atoms with Crippen LogP contribution < -0.4 is 0 Å². The molecule has 3 heteroatoms. The maximum atomic E-state index is 11.5. The van der Waals surface area contributed by atoms with Crippen molar-refractivity contribution in [3.8, 4) is 6.07 Å². The van der Waals surface area contributed by atoms with Gasteiger partial charge in [0.2, 0.25) is 0 Å². The van der Waals surface area contributed by atoms with Crippen molar-refractivity contribution >= 4 is 5.97 Å². The number of nitrogens with zero attached hydrogens (tertiary/aromatic N) is 1. The average Bonchev–Trinajstić information content (AvgIpc) is 2.32. The quantitative estimate of drug-likeness (QED) is 0.688. The summed E-state index contributed by atoms with van der Waals surface area (Å²) in [5, 5.41) is 9.32. The van der Waals surface area contributed by atoms with Gasteiger partial charge in [-0.25, -0.2) is 0 Å². The summed E-state index contributed by atoms with van der Waals surface area (Å²) in [6.07, 6.45) is 6.61.